The maximum atomic E-state index is 13.3. The summed E-state index contributed by atoms with van der Waals surface area (Å²) >= 11 is 0. The van der Waals surface area contributed by atoms with Crippen LogP contribution in [0, 0.1) is 104 Å². The van der Waals surface area contributed by atoms with Gasteiger partial charge in [-0.1, -0.05) is 141 Å². The van der Waals surface area contributed by atoms with Crippen molar-refractivity contribution >= 4 is 59.7 Å². The molecule has 0 aromatic heterocycles. The average molecular weight is 1760 g/mol. The van der Waals surface area contributed by atoms with Crippen molar-refractivity contribution in [3.63, 3.8) is 0 Å². The molecule has 8 aliphatic carbocycles. The number of carbonyl (C=O) groups excluding carboxylic acids is 10. The summed E-state index contributed by atoms with van der Waals surface area (Å²) in [6.07, 6.45) is -22.5. The zero-order chi connectivity index (χ0) is 92.4. The lowest BCUT2D eigenvalue weighted by Gasteiger charge is -2.34. The predicted octanol–water partition coefficient (Wildman–Crippen LogP) is 19.4. The number of fused-ring (bicyclic) bond motifs is 5. The van der Waals surface area contributed by atoms with Gasteiger partial charge < -0.3 is 47.4 Å². The van der Waals surface area contributed by atoms with Gasteiger partial charge in [0.25, 0.3) is 0 Å². The van der Waals surface area contributed by atoms with Crippen LogP contribution in [0.15, 0.2) is 18.2 Å². The maximum Gasteiger partial charge on any atom is 0.425 e. The van der Waals surface area contributed by atoms with Gasteiger partial charge >= 0.3 is 84.4 Å². The molecule has 11 aliphatic rings. The minimum Gasteiger partial charge on any atom is -0.465 e. The zero-order valence-electron chi connectivity index (χ0n) is 74.7. The van der Waals surface area contributed by atoms with Crippen molar-refractivity contribution in [2.45, 2.75) is 358 Å². The SMILES string of the molecule is CC1C2CC(C(=O)OC3C4CC5C3OC(=O)C5(C(=O)OC(C)C(F)(F)F)C4)C(C2)C1C.CCC(C)(C(=O)OC1C2CC3C1OC(=O)C3(C(=O)OC(C)C(F)(F)F)C2)C(F)(F)F.CCC(C)(C)C(=O)OC1C2CC3C1OC(=O)C3(C(=O)OC(C)C(F)(F)F)C2.CCC(C)c1cc(C(C)(C)C)cc(C(C)(C)C)c1.CCCCC(CC)COC(=O)C(C)(C)CC. The van der Waals surface area contributed by atoms with Crippen molar-refractivity contribution in [3.8, 4) is 0 Å². The molecule has 32 heteroatoms. The molecule has 0 amide bonds. The number of hydrogen-bond donors (Lipinski definition) is 0. The normalized spacial score (nSPS) is 32.8. The van der Waals surface area contributed by atoms with Crippen LogP contribution in [0.25, 0.3) is 0 Å². The first kappa shape index (κ1) is 100. The second-order valence-corrected chi connectivity index (χ2v) is 39.9. The number of esters is 10. The summed E-state index contributed by atoms with van der Waals surface area (Å²) in [6, 6.07) is 7.21. The number of alkyl halides is 12. The largest absolute Gasteiger partial charge is 0.465 e. The molecule has 12 rings (SSSR count). The first-order valence-corrected chi connectivity index (χ1v) is 43.4. The first-order valence-electron chi connectivity index (χ1n) is 43.4. The molecule has 8 bridgehead atoms. The van der Waals surface area contributed by atoms with Gasteiger partial charge in [-0.15, -0.1) is 0 Å². The molecule has 1 aromatic rings. The van der Waals surface area contributed by atoms with Crippen molar-refractivity contribution in [2.75, 3.05) is 6.61 Å². The van der Waals surface area contributed by atoms with E-state index in [1.165, 1.54) is 49.3 Å². The highest BCUT2D eigenvalue weighted by atomic mass is 19.4. The Morgan fingerprint density at radius 2 is 0.828 bits per heavy atom. The van der Waals surface area contributed by atoms with Gasteiger partial charge in [0.05, 0.1) is 23.4 Å². The van der Waals surface area contributed by atoms with Crippen LogP contribution in [-0.2, 0) is 106 Å². The Kier molecular flexibility index (Phi) is 30.0. The fourth-order valence-electron chi connectivity index (χ4n) is 19.3. The van der Waals surface area contributed by atoms with Crippen LogP contribution in [-0.4, -0.2) is 146 Å². The fourth-order valence-corrected chi connectivity index (χ4v) is 19.3. The third-order valence-corrected chi connectivity index (χ3v) is 29.5. The zero-order valence-corrected chi connectivity index (χ0v) is 74.7. The van der Waals surface area contributed by atoms with E-state index in [0.717, 1.165) is 39.5 Å². The van der Waals surface area contributed by atoms with E-state index in [1.807, 2.05) is 27.7 Å². The summed E-state index contributed by atoms with van der Waals surface area (Å²) in [5, 5.41) is 0. The summed E-state index contributed by atoms with van der Waals surface area (Å²) in [6.45, 7) is 42.9. The second kappa shape index (κ2) is 36.4. The quantitative estimate of drug-likeness (QED) is 0.0403. The lowest BCUT2D eigenvalue weighted by atomic mass is 9.73. The van der Waals surface area contributed by atoms with Crippen LogP contribution in [0.5, 0.6) is 0 Å². The molecule has 122 heavy (non-hydrogen) atoms. The molecule has 3 heterocycles. The van der Waals surface area contributed by atoms with Crippen LogP contribution in [0.1, 0.15) is 285 Å². The number of carbonyl (C=O) groups is 10. The van der Waals surface area contributed by atoms with Gasteiger partial charge in [-0.2, -0.15) is 52.7 Å². The van der Waals surface area contributed by atoms with Gasteiger partial charge in [-0.25, -0.2) is 0 Å². The molecule has 0 radical (unpaired) electrons. The van der Waals surface area contributed by atoms with E-state index in [9.17, 15) is 101 Å². The summed E-state index contributed by atoms with van der Waals surface area (Å²) in [4.78, 5) is 124. The Morgan fingerprint density at radius 1 is 0.459 bits per heavy atom. The van der Waals surface area contributed by atoms with E-state index in [0.29, 0.717) is 75.2 Å². The van der Waals surface area contributed by atoms with E-state index in [1.54, 1.807) is 13.8 Å². The first-order chi connectivity index (χ1) is 55.9. The van der Waals surface area contributed by atoms with E-state index < -0.39 is 185 Å². The molecule has 26 atom stereocenters. The molecular formula is C90H128F12O20. The summed E-state index contributed by atoms with van der Waals surface area (Å²) in [7, 11) is 0. The number of halogens is 12. The number of hydrogen-bond acceptors (Lipinski definition) is 20. The van der Waals surface area contributed by atoms with Crippen molar-refractivity contribution in [3.05, 3.63) is 34.9 Å². The van der Waals surface area contributed by atoms with Crippen molar-refractivity contribution in [2.24, 2.45) is 104 Å². The average Bonchev–Trinajstić information content (AvgIpc) is 1.54. The minimum atomic E-state index is -4.87. The molecule has 1 aromatic carbocycles. The van der Waals surface area contributed by atoms with Gasteiger partial charge in [-0.3, -0.25) is 47.9 Å². The Labute approximate surface area is 708 Å². The number of rotatable bonds is 24. The molecule has 11 fully saturated rings. The van der Waals surface area contributed by atoms with E-state index in [4.69, 9.17) is 33.2 Å². The van der Waals surface area contributed by atoms with Crippen LogP contribution in [0.4, 0.5) is 52.7 Å². The van der Waals surface area contributed by atoms with Crippen molar-refractivity contribution < 1.29 is 148 Å². The Morgan fingerprint density at radius 3 is 1.14 bits per heavy atom. The molecule has 0 N–H and O–H groups in total. The molecule has 26 unspecified atom stereocenters. The van der Waals surface area contributed by atoms with E-state index >= 15 is 0 Å². The lowest BCUT2D eigenvalue weighted by Crippen LogP contribution is -2.49. The van der Waals surface area contributed by atoms with E-state index in [-0.39, 0.29) is 71.6 Å². The molecular weight excluding hydrogens is 1630 g/mol. The highest BCUT2D eigenvalue weighted by Gasteiger charge is 2.79. The standard InChI is InChI=1S/C22H27F3O6.C18H20F6O6.C18H23F3O6.C18H30.C14H28O2/c1-8-9(2)13-4-11(8)5-14(13)18(26)30-16-12-6-15-17(16)31-20(28)21(15,7-12)19(27)29-10(3)22(23,24)25;1-4-15(3,18(22,23)24)12(25)29-10-8-5-9-11(10)30-14(27)16(9,6-8)13(26)28-7(2)17(19,20)21;1-5-16(3,4)13(22)26-11-9-6-10-12(11)27-15(24)17(10,7-9)14(23)25-8(2)18(19,20)21;1-9-13(2)14-10-15(17(3,4)5)12-16(11-14)18(6,7)8;1-6-9-10-12(7-2)11-16-13(15)14(4,5)8-3/h8-17H,4-7H2,1-3H3;7-11H,4-6H2,1-3H3;8-12H,5-7H2,1-4H3;10-13H,9H2,1-8H3;12H,6-11H2,1-5H3. The van der Waals surface area contributed by atoms with Crippen LogP contribution < -0.4 is 0 Å². The van der Waals surface area contributed by atoms with Gasteiger partial charge in [0, 0.05) is 35.5 Å². The molecule has 3 saturated heterocycles. The highest BCUT2D eigenvalue weighted by Crippen LogP contribution is 2.67. The van der Waals surface area contributed by atoms with Crippen molar-refractivity contribution in [1.82, 2.24) is 0 Å². The lowest BCUT2D eigenvalue weighted by molar-refractivity contribution is -0.236. The number of unbranched alkanes of at least 4 members (excludes halogenated alkanes) is 1. The monoisotopic (exact) mass is 1760 g/mol. The molecule has 20 nitrogen and oxygen atoms in total. The fraction of sp³-hybridized carbons (Fsp3) is 0.822. The summed E-state index contributed by atoms with van der Waals surface area (Å²) in [5.41, 5.74) is -4.33. The Hall–Kier alpha value is -6.92. The second-order valence-electron chi connectivity index (χ2n) is 39.9. The van der Waals surface area contributed by atoms with E-state index in [2.05, 4.69) is 115 Å². The minimum absolute atomic E-state index is 0.00147. The number of ether oxygens (including phenoxy) is 10. The van der Waals surface area contributed by atoms with Gasteiger partial charge in [0.15, 0.2) is 40.0 Å². The smallest absolute Gasteiger partial charge is 0.425 e. The molecule has 3 aliphatic heterocycles. The van der Waals surface area contributed by atoms with Gasteiger partial charge in [-0.05, 0) is 202 Å². The number of benzene rings is 1. The highest BCUT2D eigenvalue weighted by molar-refractivity contribution is 6.05. The third kappa shape index (κ3) is 19.6. The van der Waals surface area contributed by atoms with Crippen LogP contribution in [0.3, 0.4) is 0 Å². The third-order valence-electron chi connectivity index (χ3n) is 29.5. The van der Waals surface area contributed by atoms with Crippen LogP contribution in [0.2, 0.25) is 0 Å². The maximum absolute atomic E-state index is 13.3. The molecule has 0 spiro atoms. The molecule has 8 saturated carbocycles. The Bertz CT molecular complexity index is 3950. The topological polar surface area (TPSA) is 263 Å². The molecule has 692 valence electrons. The van der Waals surface area contributed by atoms with Gasteiger partial charge in [0.1, 0.15) is 36.6 Å². The van der Waals surface area contributed by atoms with Crippen LogP contribution >= 0.6 is 0 Å². The summed E-state index contributed by atoms with van der Waals surface area (Å²) in [5.74, 6) is -9.49. The Balaban J connectivity index is 0.000000194. The predicted molar refractivity (Wildman–Crippen MR) is 417 cm³/mol. The van der Waals surface area contributed by atoms with Gasteiger partial charge in [0.2, 0.25) is 0 Å². The summed E-state index contributed by atoms with van der Waals surface area (Å²) < 4.78 is 206. The van der Waals surface area contributed by atoms with Crippen molar-refractivity contribution in [1.29, 1.82) is 0 Å².